The highest BCUT2D eigenvalue weighted by Gasteiger charge is 2.28. The van der Waals surface area contributed by atoms with Crippen LogP contribution in [-0.4, -0.2) is 31.6 Å². The first kappa shape index (κ1) is 17.7. The van der Waals surface area contributed by atoms with Crippen molar-refractivity contribution in [3.05, 3.63) is 65.0 Å². The third-order valence-electron chi connectivity index (χ3n) is 5.80. The van der Waals surface area contributed by atoms with E-state index in [0.717, 1.165) is 47.7 Å². The second kappa shape index (κ2) is 7.24. The number of H-pyrrole nitrogens is 1. The zero-order valence-corrected chi connectivity index (χ0v) is 16.0. The maximum absolute atomic E-state index is 13.2. The van der Waals surface area contributed by atoms with Gasteiger partial charge in [0.2, 0.25) is 5.91 Å². The van der Waals surface area contributed by atoms with Crippen molar-refractivity contribution in [3.8, 4) is 0 Å². The van der Waals surface area contributed by atoms with Crippen molar-refractivity contribution < 1.29 is 9.21 Å². The summed E-state index contributed by atoms with van der Waals surface area (Å²) in [6.45, 7) is 0.335. The first-order valence-corrected chi connectivity index (χ1v) is 9.99. The summed E-state index contributed by atoms with van der Waals surface area (Å²) >= 11 is 0. The van der Waals surface area contributed by atoms with E-state index in [4.69, 9.17) is 4.42 Å². The van der Waals surface area contributed by atoms with E-state index in [1.807, 2.05) is 41.3 Å². The number of aromatic nitrogens is 3. The first-order chi connectivity index (χ1) is 14.2. The lowest BCUT2D eigenvalue weighted by molar-refractivity contribution is -0.135. The van der Waals surface area contributed by atoms with Crippen molar-refractivity contribution in [2.75, 3.05) is 0 Å². The molecule has 0 atom stereocenters. The molecule has 4 aromatic rings. The van der Waals surface area contributed by atoms with E-state index < -0.39 is 0 Å². The van der Waals surface area contributed by atoms with E-state index in [1.165, 1.54) is 4.68 Å². The first-order valence-electron chi connectivity index (χ1n) is 9.99. The van der Waals surface area contributed by atoms with Gasteiger partial charge in [-0.05, 0) is 31.0 Å². The Morgan fingerprint density at radius 2 is 2.00 bits per heavy atom. The smallest absolute Gasteiger partial charge is 0.291 e. The number of amides is 1. The largest absolute Gasteiger partial charge is 0.467 e. The minimum atomic E-state index is -0.281. The summed E-state index contributed by atoms with van der Waals surface area (Å²) in [6.07, 6.45) is 7.47. The van der Waals surface area contributed by atoms with Crippen LogP contribution in [0.25, 0.3) is 21.8 Å². The van der Waals surface area contributed by atoms with Gasteiger partial charge >= 0.3 is 0 Å². The van der Waals surface area contributed by atoms with Crippen LogP contribution in [0.4, 0.5) is 0 Å². The molecule has 29 heavy (non-hydrogen) atoms. The molecule has 1 aliphatic carbocycles. The van der Waals surface area contributed by atoms with Crippen LogP contribution < -0.4 is 5.56 Å². The number of aromatic amines is 1. The molecule has 0 spiro atoms. The molecule has 1 saturated carbocycles. The van der Waals surface area contributed by atoms with Gasteiger partial charge in [-0.15, -0.1) is 0 Å². The molecule has 1 aliphatic rings. The van der Waals surface area contributed by atoms with E-state index in [1.54, 1.807) is 12.5 Å². The van der Waals surface area contributed by atoms with Crippen LogP contribution >= 0.6 is 0 Å². The minimum Gasteiger partial charge on any atom is -0.467 e. The Balaban J connectivity index is 1.46. The number of benzene rings is 1. The molecule has 5 rings (SSSR count). The Hall–Kier alpha value is -3.35. The van der Waals surface area contributed by atoms with Crippen LogP contribution in [-0.2, 0) is 17.9 Å². The number of carbonyl (C=O) groups is 1. The molecule has 0 aliphatic heterocycles. The zero-order chi connectivity index (χ0) is 19.8. The third kappa shape index (κ3) is 3.22. The molecule has 0 radical (unpaired) electrons. The number of rotatable bonds is 5. The van der Waals surface area contributed by atoms with Crippen LogP contribution in [0.2, 0.25) is 0 Å². The van der Waals surface area contributed by atoms with Crippen LogP contribution in [0.15, 0.2) is 58.1 Å². The predicted molar refractivity (Wildman–Crippen MR) is 109 cm³/mol. The fraction of sp³-hybridized carbons (Fsp3) is 0.318. The molecular weight excluding hydrogens is 368 g/mol. The van der Waals surface area contributed by atoms with Crippen molar-refractivity contribution in [3.63, 3.8) is 0 Å². The van der Waals surface area contributed by atoms with Crippen molar-refractivity contribution in [2.45, 2.75) is 44.8 Å². The molecule has 1 N–H and O–H groups in total. The fourth-order valence-corrected chi connectivity index (χ4v) is 4.31. The topological polar surface area (TPSA) is 84.1 Å². The number of hydrogen-bond donors (Lipinski definition) is 1. The van der Waals surface area contributed by atoms with Crippen molar-refractivity contribution in [1.29, 1.82) is 0 Å². The number of carbonyl (C=O) groups excluding carboxylic acids is 1. The highest BCUT2D eigenvalue weighted by molar-refractivity contribution is 6.06. The number of nitrogens with one attached hydrogen (secondary N) is 1. The third-order valence-corrected chi connectivity index (χ3v) is 5.80. The normalized spacial score (nSPS) is 14.8. The molecule has 3 heterocycles. The van der Waals surface area contributed by atoms with Gasteiger partial charge in [-0.25, -0.2) is 4.68 Å². The summed E-state index contributed by atoms with van der Waals surface area (Å²) in [5, 5.41) is 6.02. The molecule has 3 aromatic heterocycles. The number of fused-ring (bicyclic) bond motifs is 3. The maximum Gasteiger partial charge on any atom is 0.291 e. The fourth-order valence-electron chi connectivity index (χ4n) is 4.31. The molecule has 148 valence electrons. The molecule has 0 unspecified atom stereocenters. The summed E-state index contributed by atoms with van der Waals surface area (Å²) < 4.78 is 6.71. The molecule has 7 nitrogen and oxygen atoms in total. The van der Waals surface area contributed by atoms with Gasteiger partial charge in [0.25, 0.3) is 5.56 Å². The summed E-state index contributed by atoms with van der Waals surface area (Å²) in [4.78, 5) is 31.1. The summed E-state index contributed by atoms with van der Waals surface area (Å²) in [5.41, 5.74) is 1.08. The second-order valence-electron chi connectivity index (χ2n) is 7.61. The van der Waals surface area contributed by atoms with Gasteiger partial charge in [0, 0.05) is 22.3 Å². The predicted octanol–water partition coefficient (Wildman–Crippen LogP) is 3.44. The number of nitrogens with zero attached hydrogens (tertiary/aromatic N) is 3. The van der Waals surface area contributed by atoms with E-state index in [2.05, 4.69) is 10.1 Å². The highest BCUT2D eigenvalue weighted by atomic mass is 16.3. The Kier molecular flexibility index (Phi) is 4.42. The lowest BCUT2D eigenvalue weighted by atomic mass is 10.2. The van der Waals surface area contributed by atoms with Gasteiger partial charge in [-0.3, -0.25) is 9.59 Å². The molecule has 0 saturated heterocycles. The van der Waals surface area contributed by atoms with E-state index in [0.29, 0.717) is 12.1 Å². The monoisotopic (exact) mass is 390 g/mol. The Labute approximate surface area is 166 Å². The van der Waals surface area contributed by atoms with Gasteiger partial charge < -0.3 is 14.3 Å². The Morgan fingerprint density at radius 3 is 2.79 bits per heavy atom. The van der Waals surface area contributed by atoms with Crippen LogP contribution in [0, 0.1) is 0 Å². The Morgan fingerprint density at radius 1 is 1.17 bits per heavy atom. The molecular formula is C22H22N4O3. The lowest BCUT2D eigenvalue weighted by Gasteiger charge is -2.28. The molecule has 0 bridgehead atoms. The number of para-hydroxylation sites is 1. The van der Waals surface area contributed by atoms with Gasteiger partial charge in [0.15, 0.2) is 0 Å². The summed E-state index contributed by atoms with van der Waals surface area (Å²) in [7, 11) is 0. The molecule has 7 heteroatoms. The Bertz CT molecular complexity index is 1220. The SMILES string of the molecule is O=C(Cn1ncc2c([nH]c3ccccc32)c1=O)N(Cc1ccco1)C1CCCC1. The van der Waals surface area contributed by atoms with E-state index in [-0.39, 0.29) is 24.1 Å². The lowest BCUT2D eigenvalue weighted by Crippen LogP contribution is -2.42. The number of furan rings is 1. The number of hydrogen-bond acceptors (Lipinski definition) is 4. The van der Waals surface area contributed by atoms with Crippen LogP contribution in [0.5, 0.6) is 0 Å². The molecule has 1 aromatic carbocycles. The molecule has 1 fully saturated rings. The van der Waals surface area contributed by atoms with Crippen molar-refractivity contribution >= 4 is 27.7 Å². The van der Waals surface area contributed by atoms with Crippen LogP contribution in [0.1, 0.15) is 31.4 Å². The van der Waals surface area contributed by atoms with Gasteiger partial charge in [-0.2, -0.15) is 5.10 Å². The summed E-state index contributed by atoms with van der Waals surface area (Å²) in [6, 6.07) is 11.6. The zero-order valence-electron chi connectivity index (χ0n) is 16.0. The van der Waals surface area contributed by atoms with Gasteiger partial charge in [0.1, 0.15) is 17.8 Å². The highest BCUT2D eigenvalue weighted by Crippen LogP contribution is 2.26. The van der Waals surface area contributed by atoms with Gasteiger partial charge in [-0.1, -0.05) is 31.0 Å². The maximum atomic E-state index is 13.2. The summed E-state index contributed by atoms with van der Waals surface area (Å²) in [5.74, 6) is 0.634. The molecule has 1 amide bonds. The second-order valence-corrected chi connectivity index (χ2v) is 7.61. The average molecular weight is 390 g/mol. The van der Waals surface area contributed by atoms with Crippen molar-refractivity contribution in [1.82, 2.24) is 19.7 Å². The van der Waals surface area contributed by atoms with Gasteiger partial charge in [0.05, 0.1) is 19.0 Å². The average Bonchev–Trinajstić information content (AvgIpc) is 3.49. The quantitative estimate of drug-likeness (QED) is 0.566. The standard InChI is InChI=1S/C22H22N4O3/c27-20(25(15-6-1-2-7-15)13-16-8-5-11-29-16)14-26-22(28)21-18(12-23-26)17-9-3-4-10-19(17)24-21/h3-5,8-12,15,24H,1-2,6-7,13-14H2. The van der Waals surface area contributed by atoms with Crippen LogP contribution in [0.3, 0.4) is 0 Å². The minimum absolute atomic E-state index is 0.0820. The van der Waals surface area contributed by atoms with E-state index >= 15 is 0 Å². The van der Waals surface area contributed by atoms with E-state index in [9.17, 15) is 9.59 Å². The van der Waals surface area contributed by atoms with Crippen molar-refractivity contribution in [2.24, 2.45) is 0 Å².